The van der Waals surface area contributed by atoms with Gasteiger partial charge in [0.2, 0.25) is 10.0 Å². The molecule has 0 radical (unpaired) electrons. The highest BCUT2D eigenvalue weighted by Gasteiger charge is 2.14. The average molecular weight is 342 g/mol. The van der Waals surface area contributed by atoms with Crippen molar-refractivity contribution in [2.45, 2.75) is 26.8 Å². The van der Waals surface area contributed by atoms with Crippen LogP contribution in [0, 0.1) is 6.92 Å². The van der Waals surface area contributed by atoms with Gasteiger partial charge in [-0.3, -0.25) is 4.72 Å². The molecule has 0 atom stereocenters. The highest BCUT2D eigenvalue weighted by molar-refractivity contribution is 7.92. The van der Waals surface area contributed by atoms with Crippen LogP contribution < -0.4 is 4.72 Å². The van der Waals surface area contributed by atoms with Crippen LogP contribution >= 0.6 is 0 Å². The summed E-state index contributed by atoms with van der Waals surface area (Å²) in [6.07, 6.45) is 3.31. The lowest BCUT2D eigenvalue weighted by molar-refractivity contribution is 0.607. The molecule has 126 valence electrons. The van der Waals surface area contributed by atoms with E-state index in [0.717, 1.165) is 22.7 Å². The summed E-state index contributed by atoms with van der Waals surface area (Å²) in [5.41, 5.74) is 5.15. The Bertz CT molecular complexity index is 1000. The first kappa shape index (κ1) is 16.6. The molecule has 3 rings (SSSR count). The van der Waals surface area contributed by atoms with Crippen LogP contribution in [0.4, 0.5) is 5.69 Å². The minimum Gasteiger partial charge on any atom is -0.344 e. The van der Waals surface area contributed by atoms with Crippen LogP contribution in [0.15, 0.2) is 48.7 Å². The van der Waals surface area contributed by atoms with Crippen molar-refractivity contribution in [2.24, 2.45) is 0 Å². The van der Waals surface area contributed by atoms with E-state index in [1.165, 1.54) is 11.1 Å². The van der Waals surface area contributed by atoms with Gasteiger partial charge < -0.3 is 4.57 Å². The van der Waals surface area contributed by atoms with Crippen LogP contribution in [0.2, 0.25) is 0 Å². The number of fused-ring (bicyclic) bond motifs is 1. The minimum absolute atomic E-state index is 0.277. The predicted molar refractivity (Wildman–Crippen MR) is 101 cm³/mol. The van der Waals surface area contributed by atoms with E-state index in [4.69, 9.17) is 0 Å². The Kier molecular flexibility index (Phi) is 4.13. The highest BCUT2D eigenvalue weighted by Crippen LogP contribution is 2.34. The lowest BCUT2D eigenvalue weighted by Gasteiger charge is -2.10. The standard InChI is InChI=1S/C19H22N2O2S/c1-13(2)21-12-18(15-7-5-6-14(3)10-15)17-9-8-16(11-19(17)21)20-24(4,22)23/h5-13,20H,1-4H3. The number of aryl methyl sites for hydroxylation is 1. The normalized spacial score (nSPS) is 12.0. The second kappa shape index (κ2) is 5.98. The first-order valence-corrected chi connectivity index (χ1v) is 9.83. The Morgan fingerprint density at radius 2 is 1.83 bits per heavy atom. The summed E-state index contributed by atoms with van der Waals surface area (Å²) in [7, 11) is -3.29. The molecule has 4 nitrogen and oxygen atoms in total. The summed E-state index contributed by atoms with van der Waals surface area (Å²) < 4.78 is 27.7. The summed E-state index contributed by atoms with van der Waals surface area (Å²) in [6.45, 7) is 6.32. The lowest BCUT2D eigenvalue weighted by Crippen LogP contribution is -2.09. The maximum atomic E-state index is 11.5. The third-order valence-electron chi connectivity index (χ3n) is 4.02. The zero-order valence-electron chi connectivity index (χ0n) is 14.4. The molecule has 1 aromatic heterocycles. The SMILES string of the molecule is Cc1cccc(-c2cn(C(C)C)c3cc(NS(C)(=O)=O)ccc23)c1. The minimum atomic E-state index is -3.29. The van der Waals surface area contributed by atoms with Gasteiger partial charge in [0.1, 0.15) is 0 Å². The van der Waals surface area contributed by atoms with Crippen LogP contribution in [-0.2, 0) is 10.0 Å². The Morgan fingerprint density at radius 1 is 1.08 bits per heavy atom. The van der Waals surface area contributed by atoms with E-state index in [1.807, 2.05) is 18.2 Å². The fourth-order valence-corrected chi connectivity index (χ4v) is 3.55. The number of rotatable bonds is 4. The zero-order valence-corrected chi connectivity index (χ0v) is 15.2. The molecule has 0 unspecified atom stereocenters. The number of hydrogen-bond acceptors (Lipinski definition) is 2. The monoisotopic (exact) mass is 342 g/mol. The van der Waals surface area contributed by atoms with Crippen LogP contribution in [0.5, 0.6) is 0 Å². The largest absolute Gasteiger partial charge is 0.344 e. The van der Waals surface area contributed by atoms with Gasteiger partial charge >= 0.3 is 0 Å². The van der Waals surface area contributed by atoms with Gasteiger partial charge in [-0.1, -0.05) is 35.9 Å². The summed E-state index contributed by atoms with van der Waals surface area (Å²) in [6, 6.07) is 14.4. The van der Waals surface area contributed by atoms with Gasteiger partial charge in [-0.25, -0.2) is 8.42 Å². The second-order valence-corrected chi connectivity index (χ2v) is 8.27. The number of nitrogens with one attached hydrogen (secondary N) is 1. The maximum Gasteiger partial charge on any atom is 0.229 e. The molecule has 0 aliphatic heterocycles. The fourth-order valence-electron chi connectivity index (χ4n) is 3.00. The topological polar surface area (TPSA) is 51.1 Å². The molecule has 0 bridgehead atoms. The second-order valence-electron chi connectivity index (χ2n) is 6.52. The number of anilines is 1. The summed E-state index contributed by atoms with van der Waals surface area (Å²) >= 11 is 0. The Labute approximate surface area is 143 Å². The average Bonchev–Trinajstić information content (AvgIpc) is 2.84. The highest BCUT2D eigenvalue weighted by atomic mass is 32.2. The van der Waals surface area contributed by atoms with Crippen molar-refractivity contribution in [3.05, 3.63) is 54.2 Å². The number of nitrogens with zero attached hydrogens (tertiary/aromatic N) is 1. The van der Waals surface area contributed by atoms with Gasteiger partial charge in [-0.05, 0) is 38.5 Å². The van der Waals surface area contributed by atoms with Crippen molar-refractivity contribution in [1.82, 2.24) is 4.57 Å². The molecule has 1 heterocycles. The fraction of sp³-hybridized carbons (Fsp3) is 0.263. The Morgan fingerprint density at radius 3 is 2.46 bits per heavy atom. The van der Waals surface area contributed by atoms with Crippen molar-refractivity contribution in [3.63, 3.8) is 0 Å². The molecule has 0 amide bonds. The third-order valence-corrected chi connectivity index (χ3v) is 4.63. The first-order chi connectivity index (χ1) is 11.2. The molecule has 0 aliphatic carbocycles. The molecule has 0 saturated heterocycles. The van der Waals surface area contributed by atoms with E-state index in [0.29, 0.717) is 5.69 Å². The molecular formula is C19H22N2O2S. The molecular weight excluding hydrogens is 320 g/mol. The van der Waals surface area contributed by atoms with Gasteiger partial charge in [0.25, 0.3) is 0 Å². The van der Waals surface area contributed by atoms with Crippen LogP contribution in [-0.4, -0.2) is 19.2 Å². The molecule has 0 saturated carbocycles. The van der Waals surface area contributed by atoms with Crippen molar-refractivity contribution >= 4 is 26.6 Å². The molecule has 5 heteroatoms. The Balaban J connectivity index is 2.22. The van der Waals surface area contributed by atoms with Crippen LogP contribution in [0.25, 0.3) is 22.0 Å². The number of sulfonamides is 1. The molecule has 24 heavy (non-hydrogen) atoms. The summed E-state index contributed by atoms with van der Waals surface area (Å²) in [5.74, 6) is 0. The number of benzene rings is 2. The van der Waals surface area contributed by atoms with Gasteiger partial charge in [-0.15, -0.1) is 0 Å². The van der Waals surface area contributed by atoms with Gasteiger partial charge in [-0.2, -0.15) is 0 Å². The van der Waals surface area contributed by atoms with E-state index in [2.05, 4.69) is 60.5 Å². The predicted octanol–water partition coefficient (Wildman–Crippen LogP) is 4.57. The summed E-state index contributed by atoms with van der Waals surface area (Å²) in [4.78, 5) is 0. The van der Waals surface area contributed by atoms with E-state index in [9.17, 15) is 8.42 Å². The molecule has 2 aromatic carbocycles. The van der Waals surface area contributed by atoms with Gasteiger partial charge in [0, 0.05) is 23.2 Å². The Hall–Kier alpha value is -2.27. The molecule has 1 N–H and O–H groups in total. The first-order valence-electron chi connectivity index (χ1n) is 7.94. The van der Waals surface area contributed by atoms with E-state index in [1.54, 1.807) is 0 Å². The smallest absolute Gasteiger partial charge is 0.229 e. The van der Waals surface area contributed by atoms with E-state index >= 15 is 0 Å². The lowest BCUT2D eigenvalue weighted by atomic mass is 10.0. The van der Waals surface area contributed by atoms with E-state index < -0.39 is 10.0 Å². The summed E-state index contributed by atoms with van der Waals surface area (Å²) in [5, 5.41) is 1.12. The molecule has 0 aliphatic rings. The van der Waals surface area contributed by atoms with Crippen molar-refractivity contribution < 1.29 is 8.42 Å². The number of hydrogen-bond donors (Lipinski definition) is 1. The molecule has 0 fully saturated rings. The van der Waals surface area contributed by atoms with Crippen molar-refractivity contribution in [3.8, 4) is 11.1 Å². The number of aromatic nitrogens is 1. The zero-order chi connectivity index (χ0) is 17.5. The van der Waals surface area contributed by atoms with Crippen molar-refractivity contribution in [2.75, 3.05) is 11.0 Å². The quantitative estimate of drug-likeness (QED) is 0.755. The molecule has 3 aromatic rings. The van der Waals surface area contributed by atoms with Crippen LogP contribution in [0.3, 0.4) is 0 Å². The third kappa shape index (κ3) is 3.31. The van der Waals surface area contributed by atoms with Gasteiger partial charge in [0.05, 0.1) is 17.5 Å². The molecule has 0 spiro atoms. The van der Waals surface area contributed by atoms with E-state index in [-0.39, 0.29) is 6.04 Å². The van der Waals surface area contributed by atoms with Crippen molar-refractivity contribution in [1.29, 1.82) is 0 Å². The maximum absolute atomic E-state index is 11.5. The van der Waals surface area contributed by atoms with Crippen LogP contribution in [0.1, 0.15) is 25.5 Å². The van der Waals surface area contributed by atoms with Gasteiger partial charge in [0.15, 0.2) is 0 Å².